The number of carbonyl (C=O) groups excluding carboxylic acids is 1. The third-order valence-corrected chi connectivity index (χ3v) is 8.19. The van der Waals surface area contributed by atoms with Crippen LogP contribution < -0.4 is 19.7 Å². The van der Waals surface area contributed by atoms with Crippen molar-refractivity contribution < 1.29 is 23.8 Å². The number of piperazine rings is 1. The molecule has 1 amide bonds. The van der Waals surface area contributed by atoms with E-state index in [-0.39, 0.29) is 30.3 Å². The second kappa shape index (κ2) is 12.6. The number of carbonyl (C=O) groups is 1. The van der Waals surface area contributed by atoms with Gasteiger partial charge in [0.15, 0.2) is 11.5 Å². The average molecular weight is 587 g/mol. The topological polar surface area (TPSA) is 103 Å². The predicted molar refractivity (Wildman–Crippen MR) is 157 cm³/mol. The van der Waals surface area contributed by atoms with Crippen LogP contribution in [0.3, 0.4) is 0 Å². The number of likely N-dealkylation sites (tertiary alicyclic amines) is 1. The van der Waals surface area contributed by atoms with Crippen LogP contribution in [0.1, 0.15) is 26.2 Å². The number of nitrogens with zero attached hydrogens (tertiary/aromatic N) is 5. The summed E-state index contributed by atoms with van der Waals surface area (Å²) in [5.74, 6) is 1.51. The lowest BCUT2D eigenvalue weighted by atomic mass is 10.1. The van der Waals surface area contributed by atoms with E-state index in [1.807, 2.05) is 16.7 Å². The van der Waals surface area contributed by atoms with Gasteiger partial charge in [-0.05, 0) is 50.6 Å². The van der Waals surface area contributed by atoms with Gasteiger partial charge in [-0.3, -0.25) is 9.69 Å². The van der Waals surface area contributed by atoms with Gasteiger partial charge < -0.3 is 29.7 Å². The van der Waals surface area contributed by atoms with Crippen LogP contribution >= 0.6 is 11.6 Å². The number of anilines is 3. The van der Waals surface area contributed by atoms with Gasteiger partial charge in [0, 0.05) is 61.2 Å². The highest BCUT2D eigenvalue weighted by Gasteiger charge is 2.32. The molecule has 2 aromatic carbocycles. The van der Waals surface area contributed by atoms with Gasteiger partial charge >= 0.3 is 0 Å². The largest absolute Gasteiger partial charge is 0.493 e. The van der Waals surface area contributed by atoms with Crippen LogP contribution in [0.4, 0.5) is 21.8 Å². The second-order valence-corrected chi connectivity index (χ2v) is 10.9. The minimum absolute atomic E-state index is 0.0555. The molecule has 2 N–H and O–H groups in total. The molecule has 2 saturated heterocycles. The fraction of sp³-hybridized carbons (Fsp3) is 0.483. The highest BCUT2D eigenvalue weighted by molar-refractivity contribution is 6.30. The number of benzene rings is 2. The maximum absolute atomic E-state index is 14.7. The van der Waals surface area contributed by atoms with Gasteiger partial charge in [-0.25, -0.2) is 9.37 Å². The standard InChI is InChI=1S/C29H36ClFN6O4/c1-18(17-38)37-8-4-5-20(37)14-27(39)35-9-11-36(12-10-35)29-33-24-16-26(41-3)25(40-2)15-21(24)28(34-29)32-23-7-6-19(30)13-22(23)31/h6-7,13,15-16,18,20,38H,4-5,8-12,14,17H2,1-3H3,(H,32,33,34). The fourth-order valence-corrected chi connectivity index (χ4v) is 5.81. The van der Waals surface area contributed by atoms with E-state index in [4.69, 9.17) is 31.0 Å². The van der Waals surface area contributed by atoms with Crippen molar-refractivity contribution in [2.24, 2.45) is 0 Å². The Bertz CT molecular complexity index is 1400. The summed E-state index contributed by atoms with van der Waals surface area (Å²) < 4.78 is 25.7. The maximum atomic E-state index is 14.7. The minimum Gasteiger partial charge on any atom is -0.493 e. The molecule has 2 aliphatic rings. The third-order valence-electron chi connectivity index (χ3n) is 7.95. The summed E-state index contributed by atoms with van der Waals surface area (Å²) in [5.41, 5.74) is 0.823. The number of hydrogen-bond donors (Lipinski definition) is 2. The fourth-order valence-electron chi connectivity index (χ4n) is 5.65. The van der Waals surface area contributed by atoms with Crippen LogP contribution in [-0.4, -0.2) is 96.4 Å². The lowest BCUT2D eigenvalue weighted by Crippen LogP contribution is -2.50. The van der Waals surface area contributed by atoms with Crippen LogP contribution in [0.5, 0.6) is 11.5 Å². The zero-order valence-electron chi connectivity index (χ0n) is 23.6. The second-order valence-electron chi connectivity index (χ2n) is 10.5. The van der Waals surface area contributed by atoms with E-state index in [1.54, 1.807) is 38.5 Å². The molecule has 2 aliphatic heterocycles. The zero-order chi connectivity index (χ0) is 29.1. The summed E-state index contributed by atoms with van der Waals surface area (Å²) in [6, 6.07) is 8.15. The normalized spacial score (nSPS) is 18.5. The predicted octanol–water partition coefficient (Wildman–Crippen LogP) is 4.07. The number of methoxy groups -OCH3 is 2. The van der Waals surface area contributed by atoms with Crippen molar-refractivity contribution in [3.8, 4) is 11.5 Å². The minimum atomic E-state index is -0.507. The van der Waals surface area contributed by atoms with Crippen LogP contribution in [0.2, 0.25) is 5.02 Å². The van der Waals surface area contributed by atoms with Crippen LogP contribution in [0.15, 0.2) is 30.3 Å². The molecule has 3 aromatic rings. The Morgan fingerprint density at radius 2 is 1.85 bits per heavy atom. The number of aliphatic hydroxyl groups is 1. The highest BCUT2D eigenvalue weighted by Crippen LogP contribution is 2.36. The quantitative estimate of drug-likeness (QED) is 0.384. The molecule has 0 bridgehead atoms. The molecule has 12 heteroatoms. The van der Waals surface area contributed by atoms with Gasteiger partial charge in [0.1, 0.15) is 11.6 Å². The monoisotopic (exact) mass is 586 g/mol. The molecular weight excluding hydrogens is 551 g/mol. The Morgan fingerprint density at radius 1 is 1.12 bits per heavy atom. The van der Waals surface area contributed by atoms with E-state index >= 15 is 0 Å². The summed E-state index contributed by atoms with van der Waals surface area (Å²) in [5, 5.41) is 13.6. The van der Waals surface area contributed by atoms with Gasteiger partial charge in [0.2, 0.25) is 11.9 Å². The zero-order valence-corrected chi connectivity index (χ0v) is 24.3. The Labute approximate surface area is 244 Å². The van der Waals surface area contributed by atoms with E-state index in [0.717, 1.165) is 19.4 Å². The number of fused-ring (bicyclic) bond motifs is 1. The van der Waals surface area contributed by atoms with E-state index in [9.17, 15) is 14.3 Å². The first-order valence-electron chi connectivity index (χ1n) is 13.9. The lowest BCUT2D eigenvalue weighted by Gasteiger charge is -2.36. The first-order valence-corrected chi connectivity index (χ1v) is 14.2. The van der Waals surface area contributed by atoms with Crippen LogP contribution in [0.25, 0.3) is 10.9 Å². The first-order chi connectivity index (χ1) is 19.8. The average Bonchev–Trinajstić information content (AvgIpc) is 3.45. The molecule has 1 aromatic heterocycles. The first kappa shape index (κ1) is 29.1. The smallest absolute Gasteiger partial charge is 0.228 e. The number of aromatic nitrogens is 2. The van der Waals surface area contributed by atoms with Crippen molar-refractivity contribution in [2.75, 3.05) is 63.8 Å². The molecule has 220 valence electrons. The van der Waals surface area contributed by atoms with Crippen molar-refractivity contribution in [3.63, 3.8) is 0 Å². The Hall–Kier alpha value is -3.41. The molecule has 0 radical (unpaired) electrons. The number of ether oxygens (including phenoxy) is 2. The van der Waals surface area contributed by atoms with Crippen molar-refractivity contribution in [1.82, 2.24) is 19.8 Å². The van der Waals surface area contributed by atoms with Crippen LogP contribution in [0, 0.1) is 5.82 Å². The van der Waals surface area contributed by atoms with Gasteiger partial charge in [0.05, 0.1) is 32.0 Å². The summed E-state index contributed by atoms with van der Waals surface area (Å²) in [6.07, 6.45) is 2.47. The van der Waals surface area contributed by atoms with E-state index in [1.165, 1.54) is 6.07 Å². The van der Waals surface area contributed by atoms with E-state index in [0.29, 0.717) is 71.8 Å². The number of amides is 1. The molecule has 3 heterocycles. The third kappa shape index (κ3) is 6.27. The molecular formula is C29H36ClFN6O4. The molecule has 2 unspecified atom stereocenters. The SMILES string of the molecule is COc1cc2nc(N3CCN(C(=O)CC4CCCN4C(C)CO)CC3)nc(Nc3ccc(Cl)cc3F)c2cc1OC. The Kier molecular flexibility index (Phi) is 8.96. The van der Waals surface area contributed by atoms with Gasteiger partial charge in [-0.15, -0.1) is 0 Å². The molecule has 0 saturated carbocycles. The van der Waals surface area contributed by atoms with E-state index < -0.39 is 5.82 Å². The van der Waals surface area contributed by atoms with Gasteiger partial charge in [-0.2, -0.15) is 4.98 Å². The van der Waals surface area contributed by atoms with Gasteiger partial charge in [0.25, 0.3) is 0 Å². The molecule has 2 atom stereocenters. The van der Waals surface area contributed by atoms with Crippen molar-refractivity contribution in [2.45, 2.75) is 38.3 Å². The number of halogens is 2. The number of hydrogen-bond acceptors (Lipinski definition) is 9. The molecule has 2 fully saturated rings. The number of nitrogens with one attached hydrogen (secondary N) is 1. The van der Waals surface area contributed by atoms with Crippen molar-refractivity contribution in [1.29, 1.82) is 0 Å². The summed E-state index contributed by atoms with van der Waals surface area (Å²) >= 11 is 5.95. The Balaban J connectivity index is 1.36. The van der Waals surface area contributed by atoms with Crippen molar-refractivity contribution >= 4 is 45.9 Å². The molecule has 10 nitrogen and oxygen atoms in total. The summed E-state index contributed by atoms with van der Waals surface area (Å²) in [4.78, 5) is 28.9. The molecule has 0 aliphatic carbocycles. The number of rotatable bonds is 9. The van der Waals surface area contributed by atoms with Gasteiger partial charge in [-0.1, -0.05) is 11.6 Å². The number of aliphatic hydroxyl groups excluding tert-OH is 1. The highest BCUT2D eigenvalue weighted by atomic mass is 35.5. The molecule has 0 spiro atoms. The van der Waals surface area contributed by atoms with Crippen LogP contribution in [-0.2, 0) is 4.79 Å². The van der Waals surface area contributed by atoms with E-state index in [2.05, 4.69) is 10.2 Å². The molecule has 5 rings (SSSR count). The summed E-state index contributed by atoms with van der Waals surface area (Å²) in [7, 11) is 3.10. The Morgan fingerprint density at radius 3 is 2.54 bits per heavy atom. The maximum Gasteiger partial charge on any atom is 0.228 e. The summed E-state index contributed by atoms with van der Waals surface area (Å²) in [6.45, 7) is 5.21. The molecule has 41 heavy (non-hydrogen) atoms. The lowest BCUT2D eigenvalue weighted by molar-refractivity contribution is -0.132. The van der Waals surface area contributed by atoms with Crippen molar-refractivity contribution in [3.05, 3.63) is 41.2 Å².